The van der Waals surface area contributed by atoms with Gasteiger partial charge in [0, 0.05) is 11.7 Å². The number of carbonyl (C=O) groups excluding carboxylic acids is 1. The third-order valence-corrected chi connectivity index (χ3v) is 4.52. The van der Waals surface area contributed by atoms with E-state index in [1.54, 1.807) is 12.4 Å². The number of carbonyl (C=O) groups is 1. The van der Waals surface area contributed by atoms with Gasteiger partial charge in [0.1, 0.15) is 0 Å². The second-order valence-electron chi connectivity index (χ2n) is 5.87. The van der Waals surface area contributed by atoms with Crippen LogP contribution >= 0.6 is 0 Å². The number of pyridine rings is 1. The van der Waals surface area contributed by atoms with Crippen LogP contribution in [0.15, 0.2) is 24.5 Å². The molecule has 2 atom stereocenters. The first-order valence-corrected chi connectivity index (χ1v) is 6.62. The lowest BCUT2D eigenvalue weighted by atomic mass is 9.72. The van der Waals surface area contributed by atoms with Crippen molar-refractivity contribution >= 4 is 11.6 Å². The minimum Gasteiger partial charge on any atom is -0.325 e. The number of hydrogen-bond acceptors (Lipinski definition) is 3. The average molecular weight is 245 g/mol. The van der Waals surface area contributed by atoms with E-state index >= 15 is 0 Å². The summed E-state index contributed by atoms with van der Waals surface area (Å²) >= 11 is 0. The number of hydrogen-bond donors (Lipinski definition) is 2. The highest BCUT2D eigenvalue weighted by Gasteiger charge is 2.53. The molecule has 0 spiro atoms. The Morgan fingerprint density at radius 3 is 3.00 bits per heavy atom. The van der Waals surface area contributed by atoms with Gasteiger partial charge >= 0.3 is 0 Å². The Morgan fingerprint density at radius 1 is 1.33 bits per heavy atom. The van der Waals surface area contributed by atoms with E-state index in [1.165, 1.54) is 0 Å². The summed E-state index contributed by atoms with van der Waals surface area (Å²) in [5, 5.41) is 2.99. The van der Waals surface area contributed by atoms with Gasteiger partial charge in [0.15, 0.2) is 0 Å². The summed E-state index contributed by atoms with van der Waals surface area (Å²) in [5.74, 6) is 0.127. The van der Waals surface area contributed by atoms with Gasteiger partial charge in [-0.25, -0.2) is 0 Å². The molecule has 0 radical (unpaired) electrons. The first-order valence-electron chi connectivity index (χ1n) is 6.62. The van der Waals surface area contributed by atoms with Gasteiger partial charge < -0.3 is 11.1 Å². The maximum absolute atomic E-state index is 12.5. The van der Waals surface area contributed by atoms with E-state index in [2.05, 4.69) is 10.3 Å². The molecule has 2 aliphatic carbocycles. The van der Waals surface area contributed by atoms with Gasteiger partial charge in [-0.15, -0.1) is 0 Å². The fourth-order valence-electron chi connectivity index (χ4n) is 3.55. The molecule has 2 fully saturated rings. The van der Waals surface area contributed by atoms with Gasteiger partial charge in [0.2, 0.25) is 5.91 Å². The van der Waals surface area contributed by atoms with E-state index in [9.17, 15) is 4.79 Å². The van der Waals surface area contributed by atoms with Crippen molar-refractivity contribution in [3.63, 3.8) is 0 Å². The molecule has 2 saturated carbocycles. The normalized spacial score (nSPS) is 34.3. The topological polar surface area (TPSA) is 68.0 Å². The number of aromatic nitrogens is 1. The Labute approximate surface area is 107 Å². The summed E-state index contributed by atoms with van der Waals surface area (Å²) in [6, 6.07) is 3.70. The molecule has 1 aromatic rings. The van der Waals surface area contributed by atoms with Crippen LogP contribution in [0.5, 0.6) is 0 Å². The van der Waals surface area contributed by atoms with Gasteiger partial charge in [-0.05, 0) is 44.2 Å². The van der Waals surface area contributed by atoms with Crippen LogP contribution in [0.2, 0.25) is 0 Å². The van der Waals surface area contributed by atoms with E-state index in [-0.39, 0.29) is 16.9 Å². The van der Waals surface area contributed by atoms with Crippen molar-refractivity contribution in [1.82, 2.24) is 4.98 Å². The lowest BCUT2D eigenvalue weighted by molar-refractivity contribution is -0.126. The molecule has 1 amide bonds. The molecule has 0 aliphatic heterocycles. The standard InChI is InChI=1S/C14H19N3O/c15-14-5-2-4-13(10-14,6-7-14)12(18)17-11-3-1-8-16-9-11/h1,3,8-9H,2,4-7,10,15H2,(H,17,18). The van der Waals surface area contributed by atoms with Crippen LogP contribution in [0.3, 0.4) is 0 Å². The number of amides is 1. The highest BCUT2D eigenvalue weighted by Crippen LogP contribution is 2.52. The molecule has 3 rings (SSSR count). The monoisotopic (exact) mass is 245 g/mol. The fraction of sp³-hybridized carbons (Fsp3) is 0.571. The first-order chi connectivity index (χ1) is 8.62. The van der Waals surface area contributed by atoms with E-state index in [1.807, 2.05) is 12.1 Å². The molecule has 3 N–H and O–H groups in total. The Hall–Kier alpha value is -1.42. The molecule has 2 unspecified atom stereocenters. The molecule has 4 nitrogen and oxygen atoms in total. The number of nitrogens with zero attached hydrogens (tertiary/aromatic N) is 1. The van der Waals surface area contributed by atoms with Crippen LogP contribution in [-0.4, -0.2) is 16.4 Å². The van der Waals surface area contributed by atoms with E-state index in [0.717, 1.165) is 44.2 Å². The van der Waals surface area contributed by atoms with E-state index in [0.29, 0.717) is 0 Å². The maximum atomic E-state index is 12.5. The van der Waals surface area contributed by atoms with Gasteiger partial charge in [0.25, 0.3) is 0 Å². The lowest BCUT2D eigenvalue weighted by Gasteiger charge is -2.36. The largest absolute Gasteiger partial charge is 0.325 e. The van der Waals surface area contributed by atoms with Crippen LogP contribution < -0.4 is 11.1 Å². The first kappa shape index (κ1) is 11.7. The summed E-state index contributed by atoms with van der Waals surface area (Å²) in [5.41, 5.74) is 6.77. The van der Waals surface area contributed by atoms with Crippen LogP contribution in [0.4, 0.5) is 5.69 Å². The van der Waals surface area contributed by atoms with Crippen molar-refractivity contribution in [1.29, 1.82) is 0 Å². The maximum Gasteiger partial charge on any atom is 0.230 e. The molecular formula is C14H19N3O. The average Bonchev–Trinajstić information content (AvgIpc) is 2.62. The molecule has 0 saturated heterocycles. The lowest BCUT2D eigenvalue weighted by Crippen LogP contribution is -2.45. The van der Waals surface area contributed by atoms with Crippen molar-refractivity contribution < 1.29 is 4.79 Å². The zero-order valence-corrected chi connectivity index (χ0v) is 10.5. The van der Waals surface area contributed by atoms with Crippen molar-refractivity contribution in [2.75, 3.05) is 5.32 Å². The van der Waals surface area contributed by atoms with Crippen LogP contribution in [0.25, 0.3) is 0 Å². The van der Waals surface area contributed by atoms with Crippen molar-refractivity contribution in [2.24, 2.45) is 11.1 Å². The summed E-state index contributed by atoms with van der Waals surface area (Å²) in [6.07, 6.45) is 9.23. The van der Waals surface area contributed by atoms with Gasteiger partial charge in [-0.3, -0.25) is 9.78 Å². The zero-order valence-electron chi connectivity index (χ0n) is 10.5. The Morgan fingerprint density at radius 2 is 2.22 bits per heavy atom. The number of anilines is 1. The molecule has 4 heteroatoms. The Balaban J connectivity index is 1.77. The van der Waals surface area contributed by atoms with Gasteiger partial charge in [0.05, 0.1) is 17.3 Å². The van der Waals surface area contributed by atoms with E-state index in [4.69, 9.17) is 5.73 Å². The van der Waals surface area contributed by atoms with E-state index < -0.39 is 0 Å². The molecule has 2 aliphatic rings. The molecule has 18 heavy (non-hydrogen) atoms. The van der Waals surface area contributed by atoms with Gasteiger partial charge in [-0.2, -0.15) is 0 Å². The van der Waals surface area contributed by atoms with Gasteiger partial charge in [-0.1, -0.05) is 6.42 Å². The predicted molar refractivity (Wildman–Crippen MR) is 69.9 cm³/mol. The summed E-state index contributed by atoms with van der Waals surface area (Å²) in [4.78, 5) is 16.5. The molecule has 1 aromatic heterocycles. The number of nitrogens with one attached hydrogen (secondary N) is 1. The molecule has 1 heterocycles. The summed E-state index contributed by atoms with van der Waals surface area (Å²) in [6.45, 7) is 0. The fourth-order valence-corrected chi connectivity index (χ4v) is 3.55. The third-order valence-electron chi connectivity index (χ3n) is 4.52. The number of fused-ring (bicyclic) bond motifs is 2. The highest BCUT2D eigenvalue weighted by atomic mass is 16.2. The highest BCUT2D eigenvalue weighted by molar-refractivity contribution is 5.95. The third kappa shape index (κ3) is 1.90. The summed E-state index contributed by atoms with van der Waals surface area (Å²) in [7, 11) is 0. The second kappa shape index (κ2) is 4.05. The second-order valence-corrected chi connectivity index (χ2v) is 5.87. The molecule has 0 aromatic carbocycles. The van der Waals surface area contributed by atoms with Crippen LogP contribution in [-0.2, 0) is 4.79 Å². The number of nitrogens with two attached hydrogens (primary N) is 1. The molecule has 96 valence electrons. The molecule has 2 bridgehead atoms. The molecular weight excluding hydrogens is 226 g/mol. The number of rotatable bonds is 2. The van der Waals surface area contributed by atoms with Crippen LogP contribution in [0, 0.1) is 5.41 Å². The smallest absolute Gasteiger partial charge is 0.230 e. The minimum absolute atomic E-state index is 0.0927. The van der Waals surface area contributed by atoms with Crippen molar-refractivity contribution in [3.05, 3.63) is 24.5 Å². The zero-order chi connectivity index (χ0) is 12.6. The Bertz CT molecular complexity index is 461. The quantitative estimate of drug-likeness (QED) is 0.838. The van der Waals surface area contributed by atoms with Crippen molar-refractivity contribution in [3.8, 4) is 0 Å². The SMILES string of the molecule is NC12CCCC(C(=O)Nc3cccnc3)(CC1)C2. The summed E-state index contributed by atoms with van der Waals surface area (Å²) < 4.78 is 0. The predicted octanol–water partition coefficient (Wildman–Crippen LogP) is 2.07. The Kier molecular flexibility index (Phi) is 2.63. The van der Waals surface area contributed by atoms with Crippen molar-refractivity contribution in [2.45, 2.75) is 44.1 Å². The minimum atomic E-state index is -0.233. The van der Waals surface area contributed by atoms with Crippen LogP contribution in [0.1, 0.15) is 38.5 Å².